The van der Waals surface area contributed by atoms with Crippen LogP contribution in [0.4, 0.5) is 13.2 Å². The lowest BCUT2D eigenvalue weighted by atomic mass is 9.91. The highest BCUT2D eigenvalue weighted by Gasteiger charge is 2.49. The van der Waals surface area contributed by atoms with Crippen molar-refractivity contribution in [1.29, 1.82) is 0 Å². The molecule has 0 aromatic heterocycles. The van der Waals surface area contributed by atoms with E-state index in [1.54, 1.807) is 38.1 Å². The Morgan fingerprint density at radius 2 is 1.81 bits per heavy atom. The molecule has 0 radical (unpaired) electrons. The molecule has 3 atom stereocenters. The molecule has 0 saturated carbocycles. The molecule has 1 aromatic carbocycles. The number of likely N-dealkylation sites (N-methyl/N-ethyl adjacent to an activating group) is 2. The highest BCUT2D eigenvalue weighted by Crippen LogP contribution is 2.31. The SMILES string of the molecule is CC1C(=O)C2C(N=C(/C=C/c3cccc(C(F)(F)F)c3)N2C)N(C)C1=O. The molecule has 2 aliphatic rings. The van der Waals surface area contributed by atoms with E-state index < -0.39 is 29.9 Å². The second-order valence-electron chi connectivity index (χ2n) is 6.49. The lowest BCUT2D eigenvalue weighted by Gasteiger charge is -2.37. The molecule has 2 aliphatic heterocycles. The Bertz CT molecular complexity index is 816. The zero-order valence-corrected chi connectivity index (χ0v) is 14.5. The van der Waals surface area contributed by atoms with Gasteiger partial charge in [0.2, 0.25) is 5.91 Å². The molecule has 26 heavy (non-hydrogen) atoms. The fraction of sp³-hybridized carbons (Fsp3) is 0.389. The monoisotopic (exact) mass is 365 g/mol. The van der Waals surface area contributed by atoms with Gasteiger partial charge in [-0.2, -0.15) is 13.2 Å². The maximum absolute atomic E-state index is 12.8. The number of amides is 1. The fourth-order valence-electron chi connectivity index (χ4n) is 3.24. The van der Waals surface area contributed by atoms with Crippen LogP contribution >= 0.6 is 0 Å². The Kier molecular flexibility index (Phi) is 4.37. The van der Waals surface area contributed by atoms with Gasteiger partial charge in [0.1, 0.15) is 11.9 Å². The average molecular weight is 365 g/mol. The van der Waals surface area contributed by atoms with Gasteiger partial charge in [0.15, 0.2) is 11.9 Å². The van der Waals surface area contributed by atoms with Gasteiger partial charge in [0, 0.05) is 14.1 Å². The Balaban J connectivity index is 1.86. The van der Waals surface area contributed by atoms with E-state index in [-0.39, 0.29) is 11.7 Å². The van der Waals surface area contributed by atoms with E-state index in [0.29, 0.717) is 11.4 Å². The first-order chi connectivity index (χ1) is 12.1. The summed E-state index contributed by atoms with van der Waals surface area (Å²) in [5.41, 5.74) is -0.362. The van der Waals surface area contributed by atoms with Crippen LogP contribution in [0.1, 0.15) is 18.1 Å². The maximum atomic E-state index is 12.8. The largest absolute Gasteiger partial charge is 0.416 e. The summed E-state index contributed by atoms with van der Waals surface area (Å²) in [5, 5.41) is 0. The van der Waals surface area contributed by atoms with E-state index in [2.05, 4.69) is 4.99 Å². The molecular weight excluding hydrogens is 347 g/mol. The summed E-state index contributed by atoms with van der Waals surface area (Å²) < 4.78 is 38.4. The van der Waals surface area contributed by atoms with Crippen LogP contribution in [0.15, 0.2) is 35.3 Å². The second kappa shape index (κ2) is 6.26. The number of carbonyl (C=O) groups excluding carboxylic acids is 2. The van der Waals surface area contributed by atoms with Gasteiger partial charge >= 0.3 is 6.18 Å². The number of piperidine rings is 1. The summed E-state index contributed by atoms with van der Waals surface area (Å²) in [6, 6.07) is 4.36. The molecule has 0 bridgehead atoms. The van der Waals surface area contributed by atoms with Crippen LogP contribution in [0, 0.1) is 5.92 Å². The van der Waals surface area contributed by atoms with Crippen molar-refractivity contribution in [2.45, 2.75) is 25.3 Å². The molecule has 3 rings (SSSR count). The average Bonchev–Trinajstić information content (AvgIpc) is 2.92. The van der Waals surface area contributed by atoms with Crippen LogP contribution in [-0.2, 0) is 15.8 Å². The summed E-state index contributed by atoms with van der Waals surface area (Å²) in [6.07, 6.45) is -1.95. The van der Waals surface area contributed by atoms with Crippen LogP contribution < -0.4 is 0 Å². The van der Waals surface area contributed by atoms with E-state index in [4.69, 9.17) is 0 Å². The molecule has 0 N–H and O–H groups in total. The number of benzene rings is 1. The molecule has 8 heteroatoms. The molecule has 5 nitrogen and oxygen atoms in total. The minimum atomic E-state index is -4.41. The van der Waals surface area contributed by atoms with Crippen LogP contribution in [0.5, 0.6) is 0 Å². The van der Waals surface area contributed by atoms with Crippen molar-refractivity contribution in [2.75, 3.05) is 14.1 Å². The van der Waals surface area contributed by atoms with E-state index in [1.165, 1.54) is 17.0 Å². The Labute approximate surface area is 148 Å². The van der Waals surface area contributed by atoms with Crippen molar-refractivity contribution in [1.82, 2.24) is 9.80 Å². The molecule has 0 aliphatic carbocycles. The summed E-state index contributed by atoms with van der Waals surface area (Å²) in [4.78, 5) is 32.0. The summed E-state index contributed by atoms with van der Waals surface area (Å²) >= 11 is 0. The van der Waals surface area contributed by atoms with Crippen molar-refractivity contribution < 1.29 is 22.8 Å². The zero-order valence-electron chi connectivity index (χ0n) is 14.5. The zero-order chi connectivity index (χ0) is 19.2. The predicted molar refractivity (Wildman–Crippen MR) is 90.2 cm³/mol. The fourth-order valence-corrected chi connectivity index (χ4v) is 3.24. The number of likely N-dealkylation sites (tertiary alicyclic amines) is 1. The smallest absolute Gasteiger partial charge is 0.346 e. The van der Waals surface area contributed by atoms with Crippen molar-refractivity contribution in [3.63, 3.8) is 0 Å². The van der Waals surface area contributed by atoms with E-state index in [9.17, 15) is 22.8 Å². The van der Waals surface area contributed by atoms with Crippen LogP contribution in [0.2, 0.25) is 0 Å². The van der Waals surface area contributed by atoms with E-state index >= 15 is 0 Å². The normalized spacial score (nSPS) is 26.5. The number of hydrogen-bond donors (Lipinski definition) is 0. The van der Waals surface area contributed by atoms with Crippen LogP contribution in [0.25, 0.3) is 6.08 Å². The number of hydrogen-bond acceptors (Lipinski definition) is 4. The Hall–Kier alpha value is -2.64. The van der Waals surface area contributed by atoms with Gasteiger partial charge < -0.3 is 9.80 Å². The van der Waals surface area contributed by atoms with Crippen molar-refractivity contribution in [2.24, 2.45) is 10.9 Å². The molecule has 138 valence electrons. The van der Waals surface area contributed by atoms with E-state index in [1.807, 2.05) is 0 Å². The lowest BCUT2D eigenvalue weighted by Crippen LogP contribution is -2.59. The second-order valence-corrected chi connectivity index (χ2v) is 6.49. The molecule has 0 spiro atoms. The highest BCUT2D eigenvalue weighted by atomic mass is 19.4. The highest BCUT2D eigenvalue weighted by molar-refractivity contribution is 6.10. The van der Waals surface area contributed by atoms with Crippen molar-refractivity contribution >= 4 is 23.6 Å². The number of ketones is 1. The number of fused-ring (bicyclic) bond motifs is 1. The molecule has 3 unspecified atom stereocenters. The molecule has 1 fully saturated rings. The summed E-state index contributed by atoms with van der Waals surface area (Å²) in [6.45, 7) is 1.57. The van der Waals surface area contributed by atoms with Gasteiger partial charge in [-0.1, -0.05) is 18.2 Å². The van der Waals surface area contributed by atoms with Crippen LogP contribution in [0.3, 0.4) is 0 Å². The number of alkyl halides is 3. The first-order valence-electron chi connectivity index (χ1n) is 8.07. The minimum absolute atomic E-state index is 0.202. The standard InChI is InChI=1S/C18H18F3N3O2/c1-10-15(25)14-16(24(3)17(10)26)22-13(23(14)2)8-7-11-5-4-6-12(9-11)18(19,20)21/h4-10,14,16H,1-3H3/b8-7+. The quantitative estimate of drug-likeness (QED) is 0.757. The van der Waals surface area contributed by atoms with Gasteiger partial charge in [-0.05, 0) is 30.7 Å². The lowest BCUT2D eigenvalue weighted by molar-refractivity contribution is -0.149. The molecular formula is C18H18F3N3O2. The number of nitrogens with zero attached hydrogens (tertiary/aromatic N) is 3. The van der Waals surface area contributed by atoms with Crippen LogP contribution in [-0.4, -0.2) is 53.6 Å². The summed E-state index contributed by atoms with van der Waals surface area (Å²) in [5.74, 6) is -0.770. The number of rotatable bonds is 2. The van der Waals surface area contributed by atoms with Crippen molar-refractivity contribution in [3.05, 3.63) is 41.5 Å². The van der Waals surface area contributed by atoms with Crippen molar-refractivity contribution in [3.8, 4) is 0 Å². The van der Waals surface area contributed by atoms with Gasteiger partial charge in [-0.25, -0.2) is 4.99 Å². The number of carbonyl (C=O) groups is 2. The molecule has 1 saturated heterocycles. The predicted octanol–water partition coefficient (Wildman–Crippen LogP) is 2.43. The summed E-state index contributed by atoms with van der Waals surface area (Å²) in [7, 11) is 3.29. The maximum Gasteiger partial charge on any atom is 0.416 e. The third-order valence-corrected chi connectivity index (χ3v) is 4.80. The number of halogens is 3. The first-order valence-corrected chi connectivity index (χ1v) is 8.07. The van der Waals surface area contributed by atoms with Gasteiger partial charge in [-0.15, -0.1) is 0 Å². The van der Waals surface area contributed by atoms with Gasteiger partial charge in [-0.3, -0.25) is 9.59 Å². The third-order valence-electron chi connectivity index (χ3n) is 4.80. The van der Waals surface area contributed by atoms with E-state index in [0.717, 1.165) is 12.1 Å². The topological polar surface area (TPSA) is 53.0 Å². The minimum Gasteiger partial charge on any atom is -0.346 e. The Morgan fingerprint density at radius 1 is 1.12 bits per heavy atom. The van der Waals surface area contributed by atoms with Gasteiger partial charge in [0.05, 0.1) is 11.5 Å². The van der Waals surface area contributed by atoms with Gasteiger partial charge in [0.25, 0.3) is 0 Å². The molecule has 1 aromatic rings. The molecule has 2 heterocycles. The number of aliphatic imine (C=N–C) groups is 1. The third kappa shape index (κ3) is 3.00. The first kappa shape index (κ1) is 18.2. The number of Topliss-reactive ketones (excluding diaryl/α,β-unsaturated/α-hetero) is 1. The molecule has 1 amide bonds. The number of amidine groups is 1. The Morgan fingerprint density at radius 3 is 2.46 bits per heavy atom.